The Morgan fingerprint density at radius 1 is 1.42 bits per heavy atom. The fourth-order valence-corrected chi connectivity index (χ4v) is 3.39. The lowest BCUT2D eigenvalue weighted by atomic mass is 10.0. The summed E-state index contributed by atoms with van der Waals surface area (Å²) < 4.78 is 5.34. The highest BCUT2D eigenvalue weighted by Crippen LogP contribution is 2.24. The second-order valence-electron chi connectivity index (χ2n) is 5.68. The number of amides is 1. The molecule has 2 heterocycles. The Labute approximate surface area is 143 Å². The summed E-state index contributed by atoms with van der Waals surface area (Å²) in [7, 11) is 0. The standard InChI is InChI=1S/C17H18N2O4S/c20-15(13-5-2-6-23-9-13)18-8-11-3-1-4-12(7-11)16-19-14(10-24-16)17(21)22/h1,3-4,7,10,13H,2,5-6,8-9H2,(H,18,20)(H,21,22). The molecule has 3 rings (SSSR count). The summed E-state index contributed by atoms with van der Waals surface area (Å²) >= 11 is 1.29. The van der Waals surface area contributed by atoms with Crippen LogP contribution in [0.5, 0.6) is 0 Å². The predicted molar refractivity (Wildman–Crippen MR) is 89.9 cm³/mol. The average molecular weight is 346 g/mol. The fourth-order valence-electron chi connectivity index (χ4n) is 2.60. The van der Waals surface area contributed by atoms with Gasteiger partial charge in [-0.25, -0.2) is 9.78 Å². The van der Waals surface area contributed by atoms with Gasteiger partial charge in [-0.05, 0) is 24.5 Å². The van der Waals surface area contributed by atoms with Crippen molar-refractivity contribution < 1.29 is 19.4 Å². The van der Waals surface area contributed by atoms with E-state index in [2.05, 4.69) is 10.3 Å². The van der Waals surface area contributed by atoms with Crippen LogP contribution in [-0.4, -0.2) is 35.2 Å². The van der Waals surface area contributed by atoms with Crippen LogP contribution in [0, 0.1) is 5.92 Å². The molecule has 24 heavy (non-hydrogen) atoms. The molecule has 1 unspecified atom stereocenters. The predicted octanol–water partition coefficient (Wildman–Crippen LogP) is 2.55. The zero-order chi connectivity index (χ0) is 16.9. The summed E-state index contributed by atoms with van der Waals surface area (Å²) in [5.41, 5.74) is 1.84. The van der Waals surface area contributed by atoms with E-state index in [0.717, 1.165) is 30.6 Å². The minimum Gasteiger partial charge on any atom is -0.476 e. The number of rotatable bonds is 5. The number of hydrogen-bond acceptors (Lipinski definition) is 5. The maximum atomic E-state index is 12.1. The number of aromatic nitrogens is 1. The summed E-state index contributed by atoms with van der Waals surface area (Å²) in [6.45, 7) is 1.65. The molecule has 1 amide bonds. The molecule has 7 heteroatoms. The van der Waals surface area contributed by atoms with E-state index in [1.807, 2.05) is 24.3 Å². The van der Waals surface area contributed by atoms with Gasteiger partial charge in [0.05, 0.1) is 12.5 Å². The lowest BCUT2D eigenvalue weighted by molar-refractivity contribution is -0.129. The van der Waals surface area contributed by atoms with E-state index >= 15 is 0 Å². The van der Waals surface area contributed by atoms with E-state index in [4.69, 9.17) is 9.84 Å². The summed E-state index contributed by atoms with van der Waals surface area (Å²) in [6.07, 6.45) is 1.78. The van der Waals surface area contributed by atoms with Crippen molar-refractivity contribution in [1.29, 1.82) is 0 Å². The van der Waals surface area contributed by atoms with Crippen LogP contribution in [0.2, 0.25) is 0 Å². The second kappa shape index (κ2) is 7.55. The Morgan fingerprint density at radius 2 is 2.29 bits per heavy atom. The number of nitrogens with zero attached hydrogens (tertiary/aromatic N) is 1. The molecule has 0 spiro atoms. The smallest absolute Gasteiger partial charge is 0.355 e. The molecule has 126 valence electrons. The van der Waals surface area contributed by atoms with Crippen LogP contribution < -0.4 is 5.32 Å². The van der Waals surface area contributed by atoms with E-state index in [9.17, 15) is 9.59 Å². The third kappa shape index (κ3) is 3.98. The Hall–Kier alpha value is -2.25. The van der Waals surface area contributed by atoms with Crippen molar-refractivity contribution >= 4 is 23.2 Å². The Balaban J connectivity index is 1.64. The monoisotopic (exact) mass is 346 g/mol. The van der Waals surface area contributed by atoms with Crippen molar-refractivity contribution in [2.45, 2.75) is 19.4 Å². The summed E-state index contributed by atoms with van der Waals surface area (Å²) in [5.74, 6) is -1.09. The fraction of sp³-hybridized carbons (Fsp3) is 0.353. The highest BCUT2D eigenvalue weighted by atomic mass is 32.1. The molecular formula is C17H18N2O4S. The number of carbonyl (C=O) groups excluding carboxylic acids is 1. The van der Waals surface area contributed by atoms with Crippen molar-refractivity contribution in [3.05, 3.63) is 40.9 Å². The molecule has 1 atom stereocenters. The van der Waals surface area contributed by atoms with Crippen LogP contribution in [0.25, 0.3) is 10.6 Å². The van der Waals surface area contributed by atoms with Crippen LogP contribution in [0.1, 0.15) is 28.9 Å². The third-order valence-corrected chi connectivity index (χ3v) is 4.79. The van der Waals surface area contributed by atoms with Gasteiger partial charge in [-0.15, -0.1) is 11.3 Å². The molecule has 1 fully saturated rings. The van der Waals surface area contributed by atoms with Crippen molar-refractivity contribution in [2.24, 2.45) is 5.92 Å². The molecule has 1 aliphatic heterocycles. The van der Waals surface area contributed by atoms with Crippen molar-refractivity contribution in [1.82, 2.24) is 10.3 Å². The zero-order valence-electron chi connectivity index (χ0n) is 13.0. The maximum absolute atomic E-state index is 12.1. The van der Waals surface area contributed by atoms with Crippen molar-refractivity contribution in [3.63, 3.8) is 0 Å². The first-order valence-electron chi connectivity index (χ1n) is 7.77. The molecule has 1 aromatic carbocycles. The third-order valence-electron chi connectivity index (χ3n) is 3.90. The van der Waals surface area contributed by atoms with Gasteiger partial charge in [0.1, 0.15) is 5.01 Å². The van der Waals surface area contributed by atoms with E-state index < -0.39 is 5.97 Å². The molecular weight excluding hydrogens is 328 g/mol. The molecule has 1 saturated heterocycles. The van der Waals surface area contributed by atoms with Gasteiger partial charge in [-0.3, -0.25) is 4.79 Å². The van der Waals surface area contributed by atoms with Crippen molar-refractivity contribution in [2.75, 3.05) is 13.2 Å². The molecule has 1 aliphatic rings. The van der Waals surface area contributed by atoms with Gasteiger partial charge < -0.3 is 15.2 Å². The van der Waals surface area contributed by atoms with E-state index in [1.54, 1.807) is 0 Å². The summed E-state index contributed by atoms with van der Waals surface area (Å²) in [4.78, 5) is 27.2. The Bertz CT molecular complexity index is 738. The number of carboxylic acid groups (broad SMARTS) is 1. The lowest BCUT2D eigenvalue weighted by Crippen LogP contribution is -2.35. The van der Waals surface area contributed by atoms with Crippen LogP contribution in [0.3, 0.4) is 0 Å². The van der Waals surface area contributed by atoms with Gasteiger partial charge in [0.15, 0.2) is 5.69 Å². The topological polar surface area (TPSA) is 88.5 Å². The van der Waals surface area contributed by atoms with Gasteiger partial charge >= 0.3 is 5.97 Å². The van der Waals surface area contributed by atoms with Gasteiger partial charge in [-0.1, -0.05) is 18.2 Å². The SMILES string of the molecule is O=C(O)c1csc(-c2cccc(CNC(=O)C3CCCOC3)c2)n1. The normalized spacial score (nSPS) is 17.4. The number of thiazole rings is 1. The maximum Gasteiger partial charge on any atom is 0.355 e. The van der Waals surface area contributed by atoms with Crippen LogP contribution in [0.4, 0.5) is 0 Å². The zero-order valence-corrected chi connectivity index (χ0v) is 13.8. The van der Waals surface area contributed by atoms with Crippen LogP contribution in [0.15, 0.2) is 29.6 Å². The number of aromatic carboxylic acids is 1. The van der Waals surface area contributed by atoms with Gasteiger partial charge in [-0.2, -0.15) is 0 Å². The molecule has 0 radical (unpaired) electrons. The molecule has 0 bridgehead atoms. The summed E-state index contributed by atoms with van der Waals surface area (Å²) in [6, 6.07) is 7.60. The number of nitrogens with one attached hydrogen (secondary N) is 1. The first kappa shape index (κ1) is 16.6. The number of carboxylic acids is 1. The first-order chi connectivity index (χ1) is 11.6. The summed E-state index contributed by atoms with van der Waals surface area (Å²) in [5, 5.41) is 14.1. The number of carbonyl (C=O) groups is 2. The Kier molecular flexibility index (Phi) is 5.22. The number of benzene rings is 1. The minimum absolute atomic E-state index is 0.0162. The van der Waals surface area contributed by atoms with Gasteiger partial charge in [0, 0.05) is 24.1 Å². The first-order valence-corrected chi connectivity index (χ1v) is 8.65. The largest absolute Gasteiger partial charge is 0.476 e. The second-order valence-corrected chi connectivity index (χ2v) is 6.53. The Morgan fingerprint density at radius 3 is 3.00 bits per heavy atom. The van der Waals surface area contributed by atoms with Gasteiger partial charge in [0.2, 0.25) is 5.91 Å². The molecule has 2 aromatic rings. The molecule has 6 nitrogen and oxygen atoms in total. The van der Waals surface area contributed by atoms with E-state index in [-0.39, 0.29) is 17.5 Å². The molecule has 1 aromatic heterocycles. The lowest BCUT2D eigenvalue weighted by Gasteiger charge is -2.21. The van der Waals surface area contributed by atoms with Crippen molar-refractivity contribution in [3.8, 4) is 10.6 Å². The highest BCUT2D eigenvalue weighted by molar-refractivity contribution is 7.13. The molecule has 0 saturated carbocycles. The van der Waals surface area contributed by atoms with Crippen LogP contribution in [-0.2, 0) is 16.1 Å². The number of ether oxygens (including phenoxy) is 1. The van der Waals surface area contributed by atoms with Crippen LogP contribution >= 0.6 is 11.3 Å². The molecule has 2 N–H and O–H groups in total. The quantitative estimate of drug-likeness (QED) is 0.868. The molecule has 0 aliphatic carbocycles. The minimum atomic E-state index is -1.03. The number of hydrogen-bond donors (Lipinski definition) is 2. The van der Waals surface area contributed by atoms with E-state index in [1.165, 1.54) is 16.7 Å². The van der Waals surface area contributed by atoms with Gasteiger partial charge in [0.25, 0.3) is 0 Å². The van der Waals surface area contributed by atoms with E-state index in [0.29, 0.717) is 18.2 Å². The highest BCUT2D eigenvalue weighted by Gasteiger charge is 2.21. The average Bonchev–Trinajstić information content (AvgIpc) is 3.11.